The number of fused-ring (bicyclic) bond motifs is 3. The lowest BCUT2D eigenvalue weighted by Gasteiger charge is -2.22. The molecule has 0 radical (unpaired) electrons. The summed E-state index contributed by atoms with van der Waals surface area (Å²) in [6.45, 7) is 1.46. The van der Waals surface area contributed by atoms with Crippen LogP contribution in [-0.4, -0.2) is 16.8 Å². The van der Waals surface area contributed by atoms with Crippen LogP contribution in [0.2, 0.25) is 5.02 Å². The molecule has 0 saturated heterocycles. The molecule has 1 heterocycles. The van der Waals surface area contributed by atoms with Gasteiger partial charge in [0.05, 0.1) is 0 Å². The number of hydrogen-bond acceptors (Lipinski definition) is 2. The van der Waals surface area contributed by atoms with Gasteiger partial charge in [-0.3, -0.25) is 9.59 Å². The highest BCUT2D eigenvalue weighted by Gasteiger charge is 2.27. The van der Waals surface area contributed by atoms with E-state index < -0.39 is 0 Å². The molecule has 27 heavy (non-hydrogen) atoms. The highest BCUT2D eigenvalue weighted by atomic mass is 35.5. The third-order valence-corrected chi connectivity index (χ3v) is 5.23. The van der Waals surface area contributed by atoms with Crippen molar-refractivity contribution in [2.45, 2.75) is 26.2 Å². The first kappa shape index (κ1) is 17.6. The predicted octanol–water partition coefficient (Wildman–Crippen LogP) is 4.52. The van der Waals surface area contributed by atoms with E-state index in [-0.39, 0.29) is 17.7 Å². The van der Waals surface area contributed by atoms with Gasteiger partial charge in [-0.1, -0.05) is 11.6 Å². The number of rotatable bonds is 3. The van der Waals surface area contributed by atoms with Crippen LogP contribution in [0.1, 0.15) is 24.6 Å². The molecule has 1 atom stereocenters. The Balaban J connectivity index is 1.48. The van der Waals surface area contributed by atoms with Gasteiger partial charge in [0, 0.05) is 45.8 Å². The zero-order valence-corrected chi connectivity index (χ0v) is 15.7. The largest absolute Gasteiger partial charge is 0.358 e. The smallest absolute Gasteiger partial charge is 0.227 e. The number of benzene rings is 2. The summed E-state index contributed by atoms with van der Waals surface area (Å²) in [5, 5.41) is 7.51. The molecule has 1 aromatic heterocycles. The molecule has 3 N–H and O–H groups in total. The molecule has 1 aliphatic rings. The lowest BCUT2D eigenvalue weighted by Crippen LogP contribution is -2.28. The lowest BCUT2D eigenvalue weighted by atomic mass is 9.86. The van der Waals surface area contributed by atoms with Crippen molar-refractivity contribution in [2.24, 2.45) is 5.92 Å². The average Bonchev–Trinajstić information content (AvgIpc) is 3.00. The minimum absolute atomic E-state index is 0.0179. The second kappa shape index (κ2) is 7.08. The SMILES string of the molecule is CC(=O)Nc1ccc(NC(=O)C2CCc3[nH]c4ccc(Cl)cc4c3C2)cc1. The zero-order chi connectivity index (χ0) is 19.0. The molecule has 0 aliphatic heterocycles. The average molecular weight is 382 g/mol. The van der Waals surface area contributed by atoms with E-state index in [2.05, 4.69) is 15.6 Å². The van der Waals surface area contributed by atoms with Gasteiger partial charge in [-0.2, -0.15) is 0 Å². The monoisotopic (exact) mass is 381 g/mol. The summed E-state index contributed by atoms with van der Waals surface area (Å²) in [7, 11) is 0. The maximum absolute atomic E-state index is 12.7. The molecule has 0 fully saturated rings. The first-order valence-electron chi connectivity index (χ1n) is 8.97. The number of aromatic nitrogens is 1. The number of halogens is 1. The van der Waals surface area contributed by atoms with E-state index in [1.54, 1.807) is 24.3 Å². The van der Waals surface area contributed by atoms with Crippen LogP contribution in [0, 0.1) is 5.92 Å². The summed E-state index contributed by atoms with van der Waals surface area (Å²) in [6.07, 6.45) is 2.36. The minimum atomic E-state index is -0.122. The summed E-state index contributed by atoms with van der Waals surface area (Å²) < 4.78 is 0. The summed E-state index contributed by atoms with van der Waals surface area (Å²) in [5.74, 6) is -0.182. The Morgan fingerprint density at radius 2 is 1.78 bits per heavy atom. The number of carbonyl (C=O) groups is 2. The van der Waals surface area contributed by atoms with Gasteiger partial charge in [-0.05, 0) is 67.3 Å². The number of amides is 2. The summed E-state index contributed by atoms with van der Waals surface area (Å²) >= 11 is 6.15. The topological polar surface area (TPSA) is 74.0 Å². The van der Waals surface area contributed by atoms with E-state index in [9.17, 15) is 9.59 Å². The van der Waals surface area contributed by atoms with E-state index in [1.165, 1.54) is 18.2 Å². The van der Waals surface area contributed by atoms with Gasteiger partial charge in [0.1, 0.15) is 0 Å². The van der Waals surface area contributed by atoms with Gasteiger partial charge in [-0.25, -0.2) is 0 Å². The van der Waals surface area contributed by atoms with E-state index in [4.69, 9.17) is 11.6 Å². The number of hydrogen-bond donors (Lipinski definition) is 3. The van der Waals surface area contributed by atoms with E-state index in [0.29, 0.717) is 17.1 Å². The fourth-order valence-corrected chi connectivity index (χ4v) is 3.87. The van der Waals surface area contributed by atoms with Crippen molar-refractivity contribution in [3.63, 3.8) is 0 Å². The fraction of sp³-hybridized carbons (Fsp3) is 0.238. The van der Waals surface area contributed by atoms with Crippen LogP contribution in [-0.2, 0) is 22.4 Å². The van der Waals surface area contributed by atoms with Crippen LogP contribution < -0.4 is 10.6 Å². The van der Waals surface area contributed by atoms with E-state index in [1.807, 2.05) is 18.2 Å². The molecule has 0 spiro atoms. The van der Waals surface area contributed by atoms with Gasteiger partial charge >= 0.3 is 0 Å². The number of H-pyrrole nitrogens is 1. The molecule has 0 bridgehead atoms. The predicted molar refractivity (Wildman–Crippen MR) is 108 cm³/mol. The van der Waals surface area contributed by atoms with Crippen molar-refractivity contribution < 1.29 is 9.59 Å². The van der Waals surface area contributed by atoms with Crippen LogP contribution in [0.25, 0.3) is 10.9 Å². The molecule has 4 rings (SSSR count). The Kier molecular flexibility index (Phi) is 4.62. The number of nitrogens with one attached hydrogen (secondary N) is 3. The molecule has 2 aromatic carbocycles. The minimum Gasteiger partial charge on any atom is -0.358 e. The molecule has 6 heteroatoms. The number of anilines is 2. The quantitative estimate of drug-likeness (QED) is 0.623. The van der Waals surface area contributed by atoms with Crippen molar-refractivity contribution >= 4 is 45.7 Å². The number of aryl methyl sites for hydroxylation is 1. The highest BCUT2D eigenvalue weighted by Crippen LogP contribution is 2.33. The molecular weight excluding hydrogens is 362 g/mol. The maximum atomic E-state index is 12.7. The fourth-order valence-electron chi connectivity index (χ4n) is 3.70. The highest BCUT2D eigenvalue weighted by molar-refractivity contribution is 6.31. The number of aromatic amines is 1. The molecule has 2 amide bonds. The Morgan fingerprint density at radius 1 is 1.07 bits per heavy atom. The van der Waals surface area contributed by atoms with Gasteiger partial charge in [0.2, 0.25) is 11.8 Å². The van der Waals surface area contributed by atoms with Crippen LogP contribution >= 0.6 is 11.6 Å². The van der Waals surface area contributed by atoms with Gasteiger partial charge < -0.3 is 15.6 Å². The lowest BCUT2D eigenvalue weighted by molar-refractivity contribution is -0.120. The molecule has 138 valence electrons. The second-order valence-electron chi connectivity index (χ2n) is 6.96. The zero-order valence-electron chi connectivity index (χ0n) is 14.9. The van der Waals surface area contributed by atoms with Crippen molar-refractivity contribution in [3.8, 4) is 0 Å². The third kappa shape index (κ3) is 3.69. The molecule has 0 saturated carbocycles. The van der Waals surface area contributed by atoms with Gasteiger partial charge in [0.25, 0.3) is 0 Å². The molecule has 5 nitrogen and oxygen atoms in total. The third-order valence-electron chi connectivity index (χ3n) is 4.99. The van der Waals surface area contributed by atoms with E-state index in [0.717, 1.165) is 29.4 Å². The Bertz CT molecular complexity index is 1020. The van der Waals surface area contributed by atoms with Gasteiger partial charge in [-0.15, -0.1) is 0 Å². The van der Waals surface area contributed by atoms with Crippen molar-refractivity contribution in [2.75, 3.05) is 10.6 Å². The van der Waals surface area contributed by atoms with Crippen molar-refractivity contribution in [1.29, 1.82) is 0 Å². The summed E-state index contributed by atoms with van der Waals surface area (Å²) in [5.41, 5.74) is 4.90. The first-order chi connectivity index (χ1) is 13.0. The Hall–Kier alpha value is -2.79. The molecular formula is C21H20ClN3O2. The van der Waals surface area contributed by atoms with Gasteiger partial charge in [0.15, 0.2) is 0 Å². The first-order valence-corrected chi connectivity index (χ1v) is 9.35. The van der Waals surface area contributed by atoms with Crippen LogP contribution in [0.4, 0.5) is 11.4 Å². The molecule has 1 aliphatic carbocycles. The van der Waals surface area contributed by atoms with Crippen LogP contribution in [0.15, 0.2) is 42.5 Å². The second-order valence-corrected chi connectivity index (χ2v) is 7.40. The van der Waals surface area contributed by atoms with Crippen LogP contribution in [0.3, 0.4) is 0 Å². The Morgan fingerprint density at radius 3 is 2.48 bits per heavy atom. The molecule has 1 unspecified atom stereocenters. The maximum Gasteiger partial charge on any atom is 0.227 e. The van der Waals surface area contributed by atoms with Crippen molar-refractivity contribution in [3.05, 3.63) is 58.7 Å². The summed E-state index contributed by atoms with van der Waals surface area (Å²) in [4.78, 5) is 27.3. The number of carbonyl (C=O) groups excluding carboxylic acids is 2. The summed E-state index contributed by atoms with van der Waals surface area (Å²) in [6, 6.07) is 13.0. The van der Waals surface area contributed by atoms with Crippen LogP contribution in [0.5, 0.6) is 0 Å². The van der Waals surface area contributed by atoms with Crippen molar-refractivity contribution in [1.82, 2.24) is 4.98 Å². The molecule has 3 aromatic rings. The Labute approximate surface area is 162 Å². The normalized spacial score (nSPS) is 16.0. The van der Waals surface area contributed by atoms with E-state index >= 15 is 0 Å². The standard InChI is InChI=1S/C21H20ClN3O2/c1-12(26)23-15-4-6-16(7-5-15)24-21(27)13-2-8-19-17(10-13)18-11-14(22)3-9-20(18)25-19/h3-7,9,11,13,25H,2,8,10H2,1H3,(H,23,26)(H,24,27).